The molecular weight excluding hydrogens is 210 g/mol. The van der Waals surface area contributed by atoms with Crippen molar-refractivity contribution in [1.29, 1.82) is 0 Å². The monoisotopic (exact) mass is 227 g/mol. The van der Waals surface area contributed by atoms with Crippen LogP contribution in [-0.2, 0) is 12.8 Å². The molecule has 0 radical (unpaired) electrons. The molecule has 1 aromatic heterocycles. The Bertz CT molecular complexity index is 501. The molecule has 2 N–H and O–H groups in total. The van der Waals surface area contributed by atoms with Crippen molar-refractivity contribution >= 4 is 0 Å². The number of aryl methyl sites for hydroxylation is 1. The molecule has 0 fully saturated rings. The summed E-state index contributed by atoms with van der Waals surface area (Å²) < 4.78 is 1.99. The Kier molecular flexibility index (Phi) is 2.69. The normalized spacial score (nSPS) is 19.0. The number of para-hydroxylation sites is 1. The highest BCUT2D eigenvalue weighted by Gasteiger charge is 2.20. The van der Waals surface area contributed by atoms with Gasteiger partial charge in [-0.3, -0.25) is 0 Å². The highest BCUT2D eigenvalue weighted by Crippen LogP contribution is 2.24. The van der Waals surface area contributed by atoms with Crippen molar-refractivity contribution in [2.75, 3.05) is 6.54 Å². The van der Waals surface area contributed by atoms with Crippen LogP contribution in [0.4, 0.5) is 0 Å². The summed E-state index contributed by atoms with van der Waals surface area (Å²) in [4.78, 5) is 0. The van der Waals surface area contributed by atoms with Crippen molar-refractivity contribution in [3.8, 4) is 5.69 Å². The molecule has 0 saturated carbocycles. The highest BCUT2D eigenvalue weighted by molar-refractivity contribution is 5.33. The summed E-state index contributed by atoms with van der Waals surface area (Å²) in [7, 11) is 0. The molecule has 1 atom stereocenters. The zero-order chi connectivity index (χ0) is 11.7. The number of rotatable bonds is 2. The van der Waals surface area contributed by atoms with E-state index in [1.165, 1.54) is 17.7 Å². The fourth-order valence-electron chi connectivity index (χ4n) is 2.49. The van der Waals surface area contributed by atoms with Gasteiger partial charge >= 0.3 is 0 Å². The third-order valence-electron chi connectivity index (χ3n) is 3.53. The number of hydrogen-bond donors (Lipinski definition) is 1. The molecule has 0 spiro atoms. The smallest absolute Gasteiger partial charge is 0.0661 e. The van der Waals surface area contributed by atoms with Crippen LogP contribution in [0.5, 0.6) is 0 Å². The van der Waals surface area contributed by atoms with E-state index < -0.39 is 0 Å². The molecule has 1 aliphatic carbocycles. The van der Waals surface area contributed by atoms with E-state index in [0.29, 0.717) is 5.92 Å². The van der Waals surface area contributed by atoms with E-state index in [4.69, 9.17) is 5.73 Å². The van der Waals surface area contributed by atoms with Crippen LogP contribution in [0.1, 0.15) is 17.7 Å². The molecule has 2 aromatic rings. The molecule has 0 aliphatic heterocycles. The van der Waals surface area contributed by atoms with E-state index in [1.54, 1.807) is 0 Å². The van der Waals surface area contributed by atoms with Gasteiger partial charge in [0.25, 0.3) is 0 Å². The molecular formula is C14H17N3. The van der Waals surface area contributed by atoms with E-state index in [2.05, 4.69) is 23.4 Å². The van der Waals surface area contributed by atoms with Gasteiger partial charge < -0.3 is 5.73 Å². The minimum atomic E-state index is 0.635. The van der Waals surface area contributed by atoms with Crippen LogP contribution in [0.15, 0.2) is 36.5 Å². The predicted molar refractivity (Wildman–Crippen MR) is 68.1 cm³/mol. The van der Waals surface area contributed by atoms with Crippen LogP contribution in [-0.4, -0.2) is 16.3 Å². The van der Waals surface area contributed by atoms with Crippen LogP contribution in [0.25, 0.3) is 5.69 Å². The summed E-state index contributed by atoms with van der Waals surface area (Å²) in [5.41, 5.74) is 9.50. The zero-order valence-electron chi connectivity index (χ0n) is 9.84. The summed E-state index contributed by atoms with van der Waals surface area (Å²) in [5, 5.41) is 4.67. The van der Waals surface area contributed by atoms with Gasteiger partial charge in [-0.25, -0.2) is 4.68 Å². The lowest BCUT2D eigenvalue weighted by atomic mass is 9.88. The summed E-state index contributed by atoms with van der Waals surface area (Å²) in [6.45, 7) is 0.788. The first kappa shape index (κ1) is 10.5. The Morgan fingerprint density at radius 3 is 2.88 bits per heavy atom. The second-order valence-corrected chi connectivity index (χ2v) is 4.73. The molecule has 3 heteroatoms. The fourth-order valence-corrected chi connectivity index (χ4v) is 2.49. The first-order valence-electron chi connectivity index (χ1n) is 6.19. The Hall–Kier alpha value is -1.61. The van der Waals surface area contributed by atoms with Gasteiger partial charge in [0.1, 0.15) is 0 Å². The number of nitrogens with zero attached hydrogens (tertiary/aromatic N) is 2. The van der Waals surface area contributed by atoms with E-state index in [1.807, 2.05) is 22.9 Å². The van der Waals surface area contributed by atoms with Gasteiger partial charge in [0, 0.05) is 6.20 Å². The molecule has 3 nitrogen and oxygen atoms in total. The summed E-state index contributed by atoms with van der Waals surface area (Å²) in [6, 6.07) is 10.3. The standard InChI is InChI=1S/C14H17N3/c15-9-11-6-7-14-12(8-11)10-17(16-14)13-4-2-1-3-5-13/h1-5,10-11H,6-9,15H2. The number of nitrogens with two attached hydrogens (primary N) is 1. The molecule has 1 aromatic carbocycles. The lowest BCUT2D eigenvalue weighted by Gasteiger charge is -2.18. The first-order chi connectivity index (χ1) is 8.36. The van der Waals surface area contributed by atoms with Gasteiger partial charge in [-0.05, 0) is 49.4 Å². The number of benzene rings is 1. The molecule has 3 rings (SSSR count). The molecule has 1 aliphatic rings. The van der Waals surface area contributed by atoms with Crippen LogP contribution in [0.2, 0.25) is 0 Å². The van der Waals surface area contributed by atoms with Crippen molar-refractivity contribution < 1.29 is 0 Å². The summed E-state index contributed by atoms with van der Waals surface area (Å²) in [5.74, 6) is 0.635. The maximum Gasteiger partial charge on any atom is 0.0661 e. The lowest BCUT2D eigenvalue weighted by molar-refractivity contribution is 0.466. The van der Waals surface area contributed by atoms with Gasteiger partial charge in [0.15, 0.2) is 0 Å². The van der Waals surface area contributed by atoms with Crippen molar-refractivity contribution in [3.63, 3.8) is 0 Å². The van der Waals surface area contributed by atoms with Crippen molar-refractivity contribution in [3.05, 3.63) is 47.8 Å². The highest BCUT2D eigenvalue weighted by atomic mass is 15.3. The second kappa shape index (κ2) is 4.34. The minimum absolute atomic E-state index is 0.635. The maximum absolute atomic E-state index is 5.75. The first-order valence-corrected chi connectivity index (χ1v) is 6.19. The van der Waals surface area contributed by atoms with Gasteiger partial charge in [0.05, 0.1) is 11.4 Å². The van der Waals surface area contributed by atoms with E-state index in [0.717, 1.165) is 25.1 Å². The molecule has 1 heterocycles. The van der Waals surface area contributed by atoms with Gasteiger partial charge in [-0.15, -0.1) is 0 Å². The van der Waals surface area contributed by atoms with E-state index >= 15 is 0 Å². The second-order valence-electron chi connectivity index (χ2n) is 4.73. The Balaban J connectivity index is 1.93. The largest absolute Gasteiger partial charge is 0.330 e. The van der Waals surface area contributed by atoms with Crippen LogP contribution in [0, 0.1) is 5.92 Å². The average molecular weight is 227 g/mol. The van der Waals surface area contributed by atoms with Crippen LogP contribution >= 0.6 is 0 Å². The predicted octanol–water partition coefficient (Wildman–Crippen LogP) is 1.94. The van der Waals surface area contributed by atoms with Crippen molar-refractivity contribution in [2.24, 2.45) is 11.7 Å². The fraction of sp³-hybridized carbons (Fsp3) is 0.357. The molecule has 17 heavy (non-hydrogen) atoms. The Labute approximate surface area is 101 Å². The van der Waals surface area contributed by atoms with Crippen molar-refractivity contribution in [1.82, 2.24) is 9.78 Å². The van der Waals surface area contributed by atoms with Gasteiger partial charge in [0.2, 0.25) is 0 Å². The molecule has 0 amide bonds. The Morgan fingerprint density at radius 2 is 2.12 bits per heavy atom. The zero-order valence-corrected chi connectivity index (χ0v) is 9.84. The summed E-state index contributed by atoms with van der Waals surface area (Å²) >= 11 is 0. The molecule has 0 bridgehead atoms. The average Bonchev–Trinajstić information content (AvgIpc) is 2.82. The van der Waals surface area contributed by atoms with Crippen molar-refractivity contribution in [2.45, 2.75) is 19.3 Å². The topological polar surface area (TPSA) is 43.8 Å². The lowest BCUT2D eigenvalue weighted by Crippen LogP contribution is -2.21. The van der Waals surface area contributed by atoms with Gasteiger partial charge in [-0.2, -0.15) is 5.10 Å². The number of fused-ring (bicyclic) bond motifs is 1. The van der Waals surface area contributed by atoms with Crippen LogP contribution in [0.3, 0.4) is 0 Å². The van der Waals surface area contributed by atoms with Gasteiger partial charge in [-0.1, -0.05) is 18.2 Å². The third-order valence-corrected chi connectivity index (χ3v) is 3.53. The SMILES string of the molecule is NCC1CCc2nn(-c3ccccc3)cc2C1. The van der Waals surface area contributed by atoms with E-state index in [9.17, 15) is 0 Å². The number of hydrogen-bond acceptors (Lipinski definition) is 2. The molecule has 0 saturated heterocycles. The molecule has 1 unspecified atom stereocenters. The quantitative estimate of drug-likeness (QED) is 0.852. The molecule has 88 valence electrons. The minimum Gasteiger partial charge on any atom is -0.330 e. The van der Waals surface area contributed by atoms with E-state index in [-0.39, 0.29) is 0 Å². The maximum atomic E-state index is 5.75. The van der Waals surface area contributed by atoms with Crippen LogP contribution < -0.4 is 5.73 Å². The third kappa shape index (κ3) is 1.98. The Morgan fingerprint density at radius 1 is 1.29 bits per heavy atom. The number of aromatic nitrogens is 2. The summed E-state index contributed by atoms with van der Waals surface area (Å²) in [6.07, 6.45) is 5.48.